The molecule has 0 atom stereocenters. The van der Waals surface area contributed by atoms with Crippen molar-refractivity contribution in [3.05, 3.63) is 77.6 Å². The van der Waals surface area contributed by atoms with Gasteiger partial charge < -0.3 is 10.4 Å². The Morgan fingerprint density at radius 3 is 2.22 bits per heavy atom. The smallest absolute Gasteiger partial charge is 0.869 e. The third-order valence-electron chi connectivity index (χ3n) is 3.16. The first kappa shape index (κ1) is 19.2. The molecule has 0 heterocycles. The van der Waals surface area contributed by atoms with E-state index in [4.69, 9.17) is 0 Å². The number of carbonyl (C=O) groups excluding carboxylic acids is 2. The van der Waals surface area contributed by atoms with E-state index < -0.39 is 17.4 Å². The van der Waals surface area contributed by atoms with Gasteiger partial charge in [-0.2, -0.15) is 0 Å². The number of anilines is 1. The van der Waals surface area contributed by atoms with Crippen LogP contribution in [0.4, 0.5) is 5.69 Å². The Labute approximate surface area is 157 Å². The maximum Gasteiger partial charge on any atom is 1.00 e. The van der Waals surface area contributed by atoms with Gasteiger partial charge in [-0.1, -0.05) is 49.4 Å². The minimum Gasteiger partial charge on any atom is -0.869 e. The van der Waals surface area contributed by atoms with Crippen LogP contribution in [0.15, 0.2) is 66.4 Å². The fourth-order valence-corrected chi connectivity index (χ4v) is 1.89. The molecule has 1 amide bonds. The van der Waals surface area contributed by atoms with E-state index in [9.17, 15) is 14.7 Å². The molecule has 0 aliphatic rings. The fourth-order valence-electron chi connectivity index (χ4n) is 1.89. The van der Waals surface area contributed by atoms with Crippen LogP contribution in [0, 0.1) is 0 Å². The van der Waals surface area contributed by atoms with Crippen LogP contribution in [-0.4, -0.2) is 11.7 Å². The summed E-state index contributed by atoms with van der Waals surface area (Å²) in [4.78, 5) is 23.6. The summed E-state index contributed by atoms with van der Waals surface area (Å²) in [6.07, 6.45) is 1.71. The molecule has 23 heavy (non-hydrogen) atoms. The zero-order valence-corrected chi connectivity index (χ0v) is 15.2. The van der Waals surface area contributed by atoms with E-state index in [1.54, 1.807) is 42.5 Å². The van der Waals surface area contributed by atoms with E-state index in [0.717, 1.165) is 18.1 Å². The van der Waals surface area contributed by atoms with Gasteiger partial charge in [-0.15, -0.1) is 0 Å². The van der Waals surface area contributed by atoms with Gasteiger partial charge in [0.25, 0.3) is 0 Å². The second-order valence-corrected chi connectivity index (χ2v) is 4.74. The van der Waals surface area contributed by atoms with Crippen LogP contribution in [0.25, 0.3) is 0 Å². The molecule has 5 heteroatoms. The van der Waals surface area contributed by atoms with Crippen molar-refractivity contribution in [3.63, 3.8) is 0 Å². The molecule has 0 aliphatic heterocycles. The van der Waals surface area contributed by atoms with Gasteiger partial charge in [0.05, 0.1) is 0 Å². The molecule has 0 saturated carbocycles. The van der Waals surface area contributed by atoms with Crippen molar-refractivity contribution in [1.29, 1.82) is 0 Å². The van der Waals surface area contributed by atoms with Crippen LogP contribution in [-0.2, 0) is 11.2 Å². The molecule has 0 unspecified atom stereocenters. The summed E-state index contributed by atoms with van der Waals surface area (Å²) < 4.78 is 0. The molecule has 0 saturated heterocycles. The van der Waals surface area contributed by atoms with Gasteiger partial charge in [0, 0.05) is 11.3 Å². The van der Waals surface area contributed by atoms with Crippen molar-refractivity contribution < 1.29 is 44.3 Å². The van der Waals surface area contributed by atoms with E-state index in [1.165, 1.54) is 0 Å². The van der Waals surface area contributed by atoms with E-state index in [0.29, 0.717) is 11.3 Å². The monoisotopic (exact) mass is 317 g/mol. The number of aryl methyl sites for hydroxylation is 1. The number of ketones is 1. The van der Waals surface area contributed by atoms with Crippen molar-refractivity contribution >= 4 is 17.4 Å². The van der Waals surface area contributed by atoms with Crippen LogP contribution in [0.1, 0.15) is 22.8 Å². The topological polar surface area (TPSA) is 69.2 Å². The maximum absolute atomic E-state index is 11.8. The Morgan fingerprint density at radius 2 is 1.65 bits per heavy atom. The van der Waals surface area contributed by atoms with E-state index in [-0.39, 0.29) is 29.6 Å². The number of hydrogen-bond donors (Lipinski definition) is 1. The molecule has 2 aromatic carbocycles. The predicted octanol–water partition coefficient (Wildman–Crippen LogP) is -0.681. The summed E-state index contributed by atoms with van der Waals surface area (Å²) in [6, 6.07) is 15.5. The Morgan fingerprint density at radius 1 is 1.04 bits per heavy atom. The standard InChI is InChI=1S/C18H17NO3.Na/c1-2-13-8-10-15(11-9-13)19-18(22)17(21)12-16(20)14-6-4-3-5-7-14;/h3-12,21H,2H2,1H3,(H,19,22);/q;+1/p-1/b17-12-;. The summed E-state index contributed by atoms with van der Waals surface area (Å²) >= 11 is 0. The van der Waals surface area contributed by atoms with Crippen molar-refractivity contribution in [3.8, 4) is 0 Å². The first-order chi connectivity index (χ1) is 10.6. The van der Waals surface area contributed by atoms with Crippen molar-refractivity contribution in [1.82, 2.24) is 0 Å². The first-order valence-corrected chi connectivity index (χ1v) is 6.98. The van der Waals surface area contributed by atoms with Gasteiger partial charge in [0.15, 0.2) is 5.78 Å². The largest absolute Gasteiger partial charge is 1.00 e. The molecule has 2 rings (SSSR count). The number of hydrogen-bond acceptors (Lipinski definition) is 3. The van der Waals surface area contributed by atoms with Crippen LogP contribution in [0.3, 0.4) is 0 Å². The third-order valence-corrected chi connectivity index (χ3v) is 3.16. The number of allylic oxidation sites excluding steroid dienone is 1. The SMILES string of the molecule is CCc1ccc(NC(=O)/C([O-])=C/C(=O)c2ccccc2)cc1.[Na+]. The van der Waals surface area contributed by atoms with Gasteiger partial charge in [-0.25, -0.2) is 0 Å². The first-order valence-electron chi connectivity index (χ1n) is 6.98. The Kier molecular flexibility index (Phi) is 7.75. The fraction of sp³-hybridized carbons (Fsp3) is 0.111. The summed E-state index contributed by atoms with van der Waals surface area (Å²) in [6.45, 7) is 2.03. The van der Waals surface area contributed by atoms with Crippen LogP contribution in [0.2, 0.25) is 0 Å². The van der Waals surface area contributed by atoms with Gasteiger partial charge >= 0.3 is 29.6 Å². The molecular weight excluding hydrogens is 301 g/mol. The molecule has 1 N–H and O–H groups in total. The van der Waals surface area contributed by atoms with Gasteiger partial charge in [-0.05, 0) is 36.0 Å². The van der Waals surface area contributed by atoms with Crippen molar-refractivity contribution in [2.45, 2.75) is 13.3 Å². The van der Waals surface area contributed by atoms with Crippen molar-refractivity contribution in [2.75, 3.05) is 5.32 Å². The Balaban J connectivity index is 0.00000264. The zero-order chi connectivity index (χ0) is 15.9. The van der Waals surface area contributed by atoms with E-state index in [2.05, 4.69) is 5.32 Å². The molecule has 4 nitrogen and oxygen atoms in total. The average molecular weight is 317 g/mol. The van der Waals surface area contributed by atoms with Crippen LogP contribution < -0.4 is 40.0 Å². The zero-order valence-electron chi connectivity index (χ0n) is 13.2. The molecule has 0 aromatic heterocycles. The van der Waals surface area contributed by atoms with Crippen LogP contribution >= 0.6 is 0 Å². The molecule has 0 radical (unpaired) electrons. The van der Waals surface area contributed by atoms with Crippen molar-refractivity contribution in [2.24, 2.45) is 0 Å². The second kappa shape index (κ2) is 9.30. The maximum atomic E-state index is 11.8. The van der Waals surface area contributed by atoms with Gasteiger partial charge in [-0.3, -0.25) is 9.59 Å². The molecule has 2 aromatic rings. The van der Waals surface area contributed by atoms with E-state index in [1.807, 2.05) is 19.1 Å². The summed E-state index contributed by atoms with van der Waals surface area (Å²) in [5, 5.41) is 14.2. The Hall–Kier alpha value is -1.88. The summed E-state index contributed by atoms with van der Waals surface area (Å²) in [7, 11) is 0. The molecule has 0 fully saturated rings. The minimum atomic E-state index is -0.867. The minimum absolute atomic E-state index is 0. The van der Waals surface area contributed by atoms with E-state index >= 15 is 0 Å². The Bertz CT molecular complexity index is 694. The summed E-state index contributed by atoms with van der Waals surface area (Å²) in [5.74, 6) is -2.18. The number of nitrogens with one attached hydrogen (secondary N) is 1. The predicted molar refractivity (Wildman–Crippen MR) is 83.3 cm³/mol. The van der Waals surface area contributed by atoms with Crippen LogP contribution in [0.5, 0.6) is 0 Å². The molecule has 0 aliphatic carbocycles. The van der Waals surface area contributed by atoms with Gasteiger partial charge in [0.2, 0.25) is 5.91 Å². The number of carbonyl (C=O) groups is 2. The number of benzene rings is 2. The number of rotatable bonds is 5. The second-order valence-electron chi connectivity index (χ2n) is 4.74. The summed E-state index contributed by atoms with van der Waals surface area (Å²) in [5.41, 5.74) is 2.03. The quantitative estimate of drug-likeness (QED) is 0.344. The normalized spacial score (nSPS) is 10.6. The number of amides is 1. The molecule has 0 spiro atoms. The molecular formula is C18H16NNaO3. The third kappa shape index (κ3) is 5.67. The molecule has 0 bridgehead atoms. The van der Waals surface area contributed by atoms with Gasteiger partial charge in [0.1, 0.15) is 0 Å². The molecule has 112 valence electrons. The average Bonchev–Trinajstić information content (AvgIpc) is 2.56.